The lowest BCUT2D eigenvalue weighted by molar-refractivity contribution is -0.137. The Morgan fingerprint density at radius 2 is 1.48 bits per heavy atom. The van der Waals surface area contributed by atoms with Gasteiger partial charge in [-0.2, -0.15) is 13.2 Å². The van der Waals surface area contributed by atoms with E-state index in [0.717, 1.165) is 23.5 Å². The second-order valence-electron chi connectivity index (χ2n) is 5.87. The van der Waals surface area contributed by atoms with Crippen LogP contribution in [0.5, 0.6) is 0 Å². The van der Waals surface area contributed by atoms with E-state index in [1.165, 1.54) is 6.07 Å². The maximum atomic E-state index is 12.9. The van der Waals surface area contributed by atoms with Crippen LogP contribution < -0.4 is 10.6 Å². The van der Waals surface area contributed by atoms with Gasteiger partial charge in [0.25, 0.3) is 0 Å². The van der Waals surface area contributed by atoms with E-state index < -0.39 is 22.8 Å². The molecule has 0 fully saturated rings. The summed E-state index contributed by atoms with van der Waals surface area (Å²) >= 11 is 5.57. The molecule has 140 valence electrons. The van der Waals surface area contributed by atoms with E-state index in [4.69, 9.17) is 11.6 Å². The van der Waals surface area contributed by atoms with Crippen molar-refractivity contribution in [1.29, 1.82) is 0 Å². The summed E-state index contributed by atoms with van der Waals surface area (Å²) in [4.78, 5) is 20.9. The molecule has 1 heterocycles. The summed E-state index contributed by atoms with van der Waals surface area (Å²) in [6, 6.07) is 7.42. The molecule has 2 amide bonds. The van der Waals surface area contributed by atoms with Crippen molar-refractivity contribution < 1.29 is 18.0 Å². The van der Waals surface area contributed by atoms with Crippen LogP contribution >= 0.6 is 11.6 Å². The van der Waals surface area contributed by atoms with Gasteiger partial charge in [0.1, 0.15) is 0 Å². The van der Waals surface area contributed by atoms with Gasteiger partial charge in [-0.1, -0.05) is 11.6 Å². The molecule has 0 saturated heterocycles. The minimum atomic E-state index is -4.61. The fraction of sp³-hybridized carbons (Fsp3) is 0.167. The first kappa shape index (κ1) is 18.9. The molecule has 2 N–H and O–H groups in total. The van der Waals surface area contributed by atoms with Gasteiger partial charge >= 0.3 is 12.2 Å². The van der Waals surface area contributed by atoms with E-state index in [1.54, 1.807) is 18.2 Å². The fourth-order valence-electron chi connectivity index (χ4n) is 2.42. The third-order valence-corrected chi connectivity index (χ3v) is 4.19. The number of alkyl halides is 3. The summed E-state index contributed by atoms with van der Waals surface area (Å²) in [7, 11) is 0. The average Bonchev–Trinajstić information content (AvgIpc) is 2.57. The second kappa shape index (κ2) is 7.03. The number of fused-ring (bicyclic) bond motifs is 1. The molecule has 0 atom stereocenters. The van der Waals surface area contributed by atoms with Gasteiger partial charge < -0.3 is 10.6 Å². The molecule has 0 saturated carbocycles. The number of anilines is 2. The normalized spacial score (nSPS) is 11.5. The zero-order valence-electron chi connectivity index (χ0n) is 14.3. The molecule has 0 aliphatic carbocycles. The van der Waals surface area contributed by atoms with E-state index in [-0.39, 0.29) is 5.69 Å². The van der Waals surface area contributed by atoms with E-state index in [0.29, 0.717) is 16.7 Å². The Morgan fingerprint density at radius 3 is 2.11 bits per heavy atom. The quantitative estimate of drug-likeness (QED) is 0.597. The van der Waals surface area contributed by atoms with Gasteiger partial charge in [-0.15, -0.1) is 0 Å². The summed E-state index contributed by atoms with van der Waals surface area (Å²) in [6.07, 6.45) is -4.61. The first-order valence-electron chi connectivity index (χ1n) is 7.83. The number of aryl methyl sites for hydroxylation is 2. The molecule has 0 bridgehead atoms. The number of amides is 2. The maximum absolute atomic E-state index is 12.9. The average molecular weight is 395 g/mol. The van der Waals surface area contributed by atoms with Crippen LogP contribution in [-0.4, -0.2) is 16.0 Å². The van der Waals surface area contributed by atoms with Crippen molar-refractivity contribution in [2.45, 2.75) is 20.0 Å². The number of aromatic nitrogens is 2. The van der Waals surface area contributed by atoms with Gasteiger partial charge in [0.2, 0.25) is 0 Å². The number of carbonyl (C=O) groups excluding carboxylic acids is 1. The number of urea groups is 1. The summed E-state index contributed by atoms with van der Waals surface area (Å²) in [6.45, 7) is 3.68. The molecule has 9 heteroatoms. The van der Waals surface area contributed by atoms with Crippen LogP contribution in [0.25, 0.3) is 11.0 Å². The van der Waals surface area contributed by atoms with Gasteiger partial charge in [-0.3, -0.25) is 0 Å². The van der Waals surface area contributed by atoms with Gasteiger partial charge in [-0.05, 0) is 50.2 Å². The number of rotatable bonds is 2. The van der Waals surface area contributed by atoms with Crippen LogP contribution in [-0.2, 0) is 6.18 Å². The van der Waals surface area contributed by atoms with Crippen molar-refractivity contribution in [3.8, 4) is 0 Å². The van der Waals surface area contributed by atoms with Crippen molar-refractivity contribution >= 4 is 40.0 Å². The first-order valence-corrected chi connectivity index (χ1v) is 8.21. The SMILES string of the molecule is Cc1nc2ccc(NC(=O)Nc3ccc(Cl)c(C(F)(F)F)c3)cc2nc1C. The second-order valence-corrected chi connectivity index (χ2v) is 6.28. The molecular formula is C18H14ClF3N4O. The Labute approximate surface area is 157 Å². The molecule has 3 aromatic rings. The maximum Gasteiger partial charge on any atom is 0.417 e. The summed E-state index contributed by atoms with van der Waals surface area (Å²) in [5.41, 5.74) is 2.24. The molecule has 5 nitrogen and oxygen atoms in total. The van der Waals surface area contributed by atoms with Crippen LogP contribution in [0.1, 0.15) is 17.0 Å². The Kier molecular flexibility index (Phi) is 4.93. The lowest BCUT2D eigenvalue weighted by Gasteiger charge is -2.12. The van der Waals surface area contributed by atoms with Crippen molar-refractivity contribution in [2.24, 2.45) is 0 Å². The molecule has 0 aliphatic heterocycles. The molecule has 27 heavy (non-hydrogen) atoms. The highest BCUT2D eigenvalue weighted by Crippen LogP contribution is 2.36. The summed E-state index contributed by atoms with van der Waals surface area (Å²) in [5, 5.41) is 4.47. The number of benzene rings is 2. The molecular weight excluding hydrogens is 381 g/mol. The van der Waals surface area contributed by atoms with Crippen LogP contribution in [0.3, 0.4) is 0 Å². The third-order valence-electron chi connectivity index (χ3n) is 3.86. The smallest absolute Gasteiger partial charge is 0.308 e. The molecule has 1 aromatic heterocycles. The predicted octanol–water partition coefficient (Wildman–Crippen LogP) is 5.56. The topological polar surface area (TPSA) is 66.9 Å². The van der Waals surface area contributed by atoms with Gasteiger partial charge in [0, 0.05) is 11.4 Å². The minimum Gasteiger partial charge on any atom is -0.308 e. The van der Waals surface area contributed by atoms with E-state index in [1.807, 2.05) is 13.8 Å². The number of nitrogens with one attached hydrogen (secondary N) is 2. The van der Waals surface area contributed by atoms with E-state index >= 15 is 0 Å². The van der Waals surface area contributed by atoms with Crippen molar-refractivity contribution in [3.05, 3.63) is 58.4 Å². The lowest BCUT2D eigenvalue weighted by Crippen LogP contribution is -2.20. The molecule has 3 rings (SSSR count). The minimum absolute atomic E-state index is 0.0312. The zero-order valence-corrected chi connectivity index (χ0v) is 15.0. The lowest BCUT2D eigenvalue weighted by atomic mass is 10.2. The summed E-state index contributed by atoms with van der Waals surface area (Å²) < 4.78 is 38.7. The van der Waals surface area contributed by atoms with Crippen molar-refractivity contribution in [3.63, 3.8) is 0 Å². The zero-order chi connectivity index (χ0) is 19.8. The van der Waals surface area contributed by atoms with Gasteiger partial charge in [0.05, 0.1) is 33.0 Å². The Balaban J connectivity index is 1.78. The van der Waals surface area contributed by atoms with E-state index in [9.17, 15) is 18.0 Å². The van der Waals surface area contributed by atoms with Crippen LogP contribution in [0, 0.1) is 13.8 Å². The standard InChI is InChI=1S/C18H14ClF3N4O/c1-9-10(2)24-16-8-12(4-6-15(16)23-9)26-17(27)25-11-3-5-14(19)13(7-11)18(20,21)22/h3-8H,1-2H3,(H2,25,26,27). The van der Waals surface area contributed by atoms with Crippen LogP contribution in [0.2, 0.25) is 5.02 Å². The first-order chi connectivity index (χ1) is 12.6. The predicted molar refractivity (Wildman–Crippen MR) is 98.1 cm³/mol. The van der Waals surface area contributed by atoms with Crippen molar-refractivity contribution in [1.82, 2.24) is 9.97 Å². The van der Waals surface area contributed by atoms with Crippen LogP contribution in [0.4, 0.5) is 29.3 Å². The monoisotopic (exact) mass is 394 g/mol. The highest BCUT2D eigenvalue weighted by atomic mass is 35.5. The molecule has 2 aromatic carbocycles. The number of hydrogen-bond donors (Lipinski definition) is 2. The Morgan fingerprint density at radius 1 is 0.926 bits per heavy atom. The van der Waals surface area contributed by atoms with E-state index in [2.05, 4.69) is 20.6 Å². The molecule has 0 spiro atoms. The molecule has 0 radical (unpaired) electrons. The van der Waals surface area contributed by atoms with Gasteiger partial charge in [0.15, 0.2) is 0 Å². The number of halogens is 4. The summed E-state index contributed by atoms with van der Waals surface area (Å²) in [5.74, 6) is 0. The largest absolute Gasteiger partial charge is 0.417 e. The Bertz CT molecular complexity index is 1040. The molecule has 0 aliphatic rings. The third kappa shape index (κ3) is 4.28. The number of carbonyl (C=O) groups is 1. The van der Waals surface area contributed by atoms with Gasteiger partial charge in [-0.25, -0.2) is 14.8 Å². The Hall–Kier alpha value is -2.87. The highest BCUT2D eigenvalue weighted by Gasteiger charge is 2.33. The fourth-order valence-corrected chi connectivity index (χ4v) is 2.65. The van der Waals surface area contributed by atoms with Crippen molar-refractivity contribution in [2.75, 3.05) is 10.6 Å². The molecule has 0 unspecified atom stereocenters. The van der Waals surface area contributed by atoms with Crippen LogP contribution in [0.15, 0.2) is 36.4 Å². The number of hydrogen-bond acceptors (Lipinski definition) is 3. The number of nitrogens with zero attached hydrogens (tertiary/aromatic N) is 2. The highest BCUT2D eigenvalue weighted by molar-refractivity contribution is 6.31.